The standard InChI is InChI=1S/C18H26N4OS2.HI/c1-14(10-15-6-4-8-24-15)11-19-18(21-13-17(23)22(2)3)20-12-16-7-5-9-25-16;/h4-9,14H,10-13H2,1-3H3,(H2,19,20,21);1H. The lowest BCUT2D eigenvalue weighted by atomic mass is 10.1. The van der Waals surface area contributed by atoms with Gasteiger partial charge in [-0.3, -0.25) is 4.79 Å². The number of carbonyl (C=O) groups excluding carboxylic acids is 1. The van der Waals surface area contributed by atoms with Crippen LogP contribution in [0.4, 0.5) is 0 Å². The number of carbonyl (C=O) groups is 1. The molecule has 0 saturated heterocycles. The van der Waals surface area contributed by atoms with E-state index < -0.39 is 0 Å². The number of guanidine groups is 1. The maximum absolute atomic E-state index is 11.8. The highest BCUT2D eigenvalue weighted by atomic mass is 127. The van der Waals surface area contributed by atoms with Crippen LogP contribution in [0.1, 0.15) is 16.7 Å². The highest BCUT2D eigenvalue weighted by Crippen LogP contribution is 2.13. The first kappa shape index (κ1) is 22.9. The van der Waals surface area contributed by atoms with Crippen molar-refractivity contribution >= 4 is 58.5 Å². The van der Waals surface area contributed by atoms with Gasteiger partial charge in [-0.15, -0.1) is 46.7 Å². The Labute approximate surface area is 180 Å². The third-order valence-electron chi connectivity index (χ3n) is 3.63. The molecule has 2 N–H and O–H groups in total. The molecule has 0 saturated carbocycles. The molecule has 0 fully saturated rings. The Balaban J connectivity index is 0.00000338. The molecule has 26 heavy (non-hydrogen) atoms. The molecule has 0 aromatic carbocycles. The first-order valence-corrected chi connectivity index (χ1v) is 10.1. The van der Waals surface area contributed by atoms with E-state index in [0.717, 1.165) is 13.0 Å². The van der Waals surface area contributed by atoms with Gasteiger partial charge in [0.05, 0.1) is 6.54 Å². The van der Waals surface area contributed by atoms with Gasteiger partial charge in [-0.2, -0.15) is 0 Å². The number of hydrogen-bond acceptors (Lipinski definition) is 4. The number of amides is 1. The lowest BCUT2D eigenvalue weighted by molar-refractivity contribution is -0.127. The van der Waals surface area contributed by atoms with E-state index in [1.807, 2.05) is 6.07 Å². The maximum Gasteiger partial charge on any atom is 0.243 e. The van der Waals surface area contributed by atoms with Crippen molar-refractivity contribution < 1.29 is 4.79 Å². The van der Waals surface area contributed by atoms with E-state index in [-0.39, 0.29) is 36.4 Å². The highest BCUT2D eigenvalue weighted by Gasteiger charge is 2.08. The molecule has 1 amide bonds. The SMILES string of the molecule is CC(CNC(=NCC(=O)N(C)C)NCc1cccs1)Cc1cccs1.I. The molecule has 0 spiro atoms. The molecule has 0 radical (unpaired) electrons. The summed E-state index contributed by atoms with van der Waals surface area (Å²) in [7, 11) is 3.49. The highest BCUT2D eigenvalue weighted by molar-refractivity contribution is 14.0. The Hall–Kier alpha value is -1.13. The van der Waals surface area contributed by atoms with E-state index in [1.54, 1.807) is 41.7 Å². The van der Waals surface area contributed by atoms with E-state index in [2.05, 4.69) is 51.5 Å². The molecule has 0 bridgehead atoms. The number of likely N-dealkylation sites (N-methyl/N-ethyl adjacent to an activating group) is 1. The fraction of sp³-hybridized carbons (Fsp3) is 0.444. The van der Waals surface area contributed by atoms with Gasteiger partial charge in [0.1, 0.15) is 6.54 Å². The molecule has 1 atom stereocenters. The van der Waals surface area contributed by atoms with Crippen LogP contribution in [0.2, 0.25) is 0 Å². The van der Waals surface area contributed by atoms with Crippen molar-refractivity contribution in [3.63, 3.8) is 0 Å². The van der Waals surface area contributed by atoms with Crippen molar-refractivity contribution in [1.29, 1.82) is 0 Å². The molecular weight excluding hydrogens is 479 g/mol. The van der Waals surface area contributed by atoms with Gasteiger partial charge in [0.25, 0.3) is 0 Å². The molecule has 144 valence electrons. The Kier molecular flexibility index (Phi) is 10.8. The molecule has 8 heteroatoms. The summed E-state index contributed by atoms with van der Waals surface area (Å²) >= 11 is 3.49. The van der Waals surface area contributed by atoms with E-state index in [0.29, 0.717) is 18.4 Å². The summed E-state index contributed by atoms with van der Waals surface area (Å²) in [6.45, 7) is 3.88. The average molecular weight is 506 g/mol. The van der Waals surface area contributed by atoms with Gasteiger partial charge in [0.15, 0.2) is 5.96 Å². The van der Waals surface area contributed by atoms with Crippen LogP contribution in [0, 0.1) is 5.92 Å². The minimum Gasteiger partial charge on any atom is -0.356 e. The fourth-order valence-corrected chi connectivity index (χ4v) is 3.68. The molecule has 2 aromatic rings. The quantitative estimate of drug-likeness (QED) is 0.328. The molecule has 5 nitrogen and oxygen atoms in total. The van der Waals surface area contributed by atoms with E-state index in [4.69, 9.17) is 0 Å². The predicted octanol–water partition coefficient (Wildman–Crippen LogP) is 3.43. The molecule has 0 aliphatic rings. The van der Waals surface area contributed by atoms with E-state index >= 15 is 0 Å². The summed E-state index contributed by atoms with van der Waals surface area (Å²) in [5, 5.41) is 10.8. The van der Waals surface area contributed by atoms with Gasteiger partial charge in [0.2, 0.25) is 5.91 Å². The fourth-order valence-electron chi connectivity index (χ4n) is 2.16. The van der Waals surface area contributed by atoms with Gasteiger partial charge in [-0.1, -0.05) is 19.1 Å². The Morgan fingerprint density at radius 1 is 1.15 bits per heavy atom. The largest absolute Gasteiger partial charge is 0.356 e. The Morgan fingerprint density at radius 2 is 1.81 bits per heavy atom. The number of hydrogen-bond donors (Lipinski definition) is 2. The van der Waals surface area contributed by atoms with Gasteiger partial charge < -0.3 is 15.5 Å². The predicted molar refractivity (Wildman–Crippen MR) is 123 cm³/mol. The van der Waals surface area contributed by atoms with Crippen LogP contribution in [-0.4, -0.2) is 44.0 Å². The van der Waals surface area contributed by atoms with Crippen molar-refractivity contribution in [3.05, 3.63) is 44.8 Å². The molecule has 2 rings (SSSR count). The van der Waals surface area contributed by atoms with Crippen molar-refractivity contribution in [1.82, 2.24) is 15.5 Å². The zero-order valence-electron chi connectivity index (χ0n) is 15.4. The topological polar surface area (TPSA) is 56.7 Å². The van der Waals surface area contributed by atoms with Gasteiger partial charge in [0, 0.05) is 30.4 Å². The second-order valence-electron chi connectivity index (χ2n) is 6.16. The Bertz CT molecular complexity index is 657. The van der Waals surface area contributed by atoms with Crippen molar-refractivity contribution in [2.24, 2.45) is 10.9 Å². The number of nitrogens with one attached hydrogen (secondary N) is 2. The van der Waals surface area contributed by atoms with Crippen LogP contribution < -0.4 is 10.6 Å². The third-order valence-corrected chi connectivity index (χ3v) is 5.40. The number of rotatable bonds is 8. The monoisotopic (exact) mass is 506 g/mol. The lowest BCUT2D eigenvalue weighted by Crippen LogP contribution is -2.40. The third kappa shape index (κ3) is 8.50. The van der Waals surface area contributed by atoms with Crippen molar-refractivity contribution in [3.8, 4) is 0 Å². The second-order valence-corrected chi connectivity index (χ2v) is 8.22. The summed E-state index contributed by atoms with van der Waals surface area (Å²) in [4.78, 5) is 20.4. The van der Waals surface area contributed by atoms with Crippen LogP contribution in [-0.2, 0) is 17.8 Å². The zero-order chi connectivity index (χ0) is 18.1. The summed E-state index contributed by atoms with van der Waals surface area (Å²) < 4.78 is 0. The summed E-state index contributed by atoms with van der Waals surface area (Å²) in [5.74, 6) is 1.16. The summed E-state index contributed by atoms with van der Waals surface area (Å²) in [5.41, 5.74) is 0. The number of aliphatic imine (C=N–C) groups is 1. The normalized spacial score (nSPS) is 12.2. The number of nitrogens with zero attached hydrogens (tertiary/aromatic N) is 2. The van der Waals surface area contributed by atoms with E-state index in [9.17, 15) is 4.79 Å². The molecule has 1 unspecified atom stereocenters. The van der Waals surface area contributed by atoms with Gasteiger partial charge in [-0.25, -0.2) is 4.99 Å². The molecule has 2 aromatic heterocycles. The lowest BCUT2D eigenvalue weighted by Gasteiger charge is -2.16. The van der Waals surface area contributed by atoms with Crippen LogP contribution >= 0.6 is 46.7 Å². The second kappa shape index (κ2) is 12.3. The maximum atomic E-state index is 11.8. The minimum atomic E-state index is -0.0103. The summed E-state index contributed by atoms with van der Waals surface area (Å²) in [6.07, 6.45) is 1.04. The van der Waals surface area contributed by atoms with Crippen LogP contribution in [0.3, 0.4) is 0 Å². The first-order chi connectivity index (χ1) is 12.0. The van der Waals surface area contributed by atoms with Crippen molar-refractivity contribution in [2.75, 3.05) is 27.2 Å². The molecule has 2 heterocycles. The van der Waals surface area contributed by atoms with Gasteiger partial charge >= 0.3 is 0 Å². The minimum absolute atomic E-state index is 0. The van der Waals surface area contributed by atoms with Gasteiger partial charge in [-0.05, 0) is 35.2 Å². The van der Waals surface area contributed by atoms with Crippen LogP contribution in [0.15, 0.2) is 40.0 Å². The number of thiophene rings is 2. The number of halogens is 1. The van der Waals surface area contributed by atoms with Crippen molar-refractivity contribution in [2.45, 2.75) is 19.9 Å². The van der Waals surface area contributed by atoms with Crippen LogP contribution in [0.5, 0.6) is 0 Å². The average Bonchev–Trinajstić information content (AvgIpc) is 3.27. The smallest absolute Gasteiger partial charge is 0.243 e. The molecule has 0 aliphatic carbocycles. The molecule has 0 aliphatic heterocycles. The Morgan fingerprint density at radius 3 is 2.38 bits per heavy atom. The van der Waals surface area contributed by atoms with E-state index in [1.165, 1.54) is 9.75 Å². The van der Waals surface area contributed by atoms with Crippen LogP contribution in [0.25, 0.3) is 0 Å². The summed E-state index contributed by atoms with van der Waals surface area (Å²) in [6, 6.07) is 8.37. The first-order valence-electron chi connectivity index (χ1n) is 8.31. The molecular formula is C18H27IN4OS2. The zero-order valence-corrected chi connectivity index (χ0v) is 19.4.